The molecule has 1 aliphatic rings. The molecule has 0 amide bonds. The van der Waals surface area contributed by atoms with Gasteiger partial charge in [0.1, 0.15) is 0 Å². The van der Waals surface area contributed by atoms with Crippen LogP contribution in [-0.2, 0) is 31.0 Å². The molecule has 0 aromatic carbocycles. The molecule has 1 saturated heterocycles. The summed E-state index contributed by atoms with van der Waals surface area (Å²) < 4.78 is 22.5. The van der Waals surface area contributed by atoms with Crippen molar-refractivity contribution in [1.82, 2.24) is 0 Å². The SMILES string of the molecule is CC(C)(C)[C-]1P[C-](C(C)(C)C)P1.[C-]#[O+].[C-]#[O+].[C-]#[O+].[Fe+2]. The molecule has 0 saturated carbocycles. The summed E-state index contributed by atoms with van der Waals surface area (Å²) >= 11 is 0. The van der Waals surface area contributed by atoms with Crippen molar-refractivity contribution < 1.29 is 31.0 Å². The number of rotatable bonds is 0. The fourth-order valence-corrected chi connectivity index (χ4v) is 4.12. The van der Waals surface area contributed by atoms with Gasteiger partial charge in [-0.1, -0.05) is 41.5 Å². The minimum Gasteiger partial charge on any atom is 2.00 e. The van der Waals surface area contributed by atoms with E-state index < -0.39 is 0 Å². The van der Waals surface area contributed by atoms with E-state index in [-0.39, 0.29) is 17.1 Å². The van der Waals surface area contributed by atoms with Gasteiger partial charge in [0, 0.05) is 0 Å². The Balaban J connectivity index is -0.000000142. The molecule has 1 rings (SSSR count). The van der Waals surface area contributed by atoms with Crippen molar-refractivity contribution in [3.63, 3.8) is 0 Å². The minimum absolute atomic E-state index is 0. The van der Waals surface area contributed by atoms with E-state index in [9.17, 15) is 0 Å². The Labute approximate surface area is 131 Å². The van der Waals surface area contributed by atoms with Crippen LogP contribution in [0.2, 0.25) is 0 Å². The fraction of sp³-hybridized carbons (Fsp3) is 0.615. The first-order valence-electron chi connectivity index (χ1n) is 5.11. The Bertz CT molecular complexity index is 236. The topological polar surface area (TPSA) is 59.7 Å². The summed E-state index contributed by atoms with van der Waals surface area (Å²) in [6, 6.07) is 0. The van der Waals surface area contributed by atoms with Crippen molar-refractivity contribution in [3.8, 4) is 0 Å². The van der Waals surface area contributed by atoms with Crippen molar-refractivity contribution in [2.45, 2.75) is 41.5 Å². The molecule has 3 nitrogen and oxygen atoms in total. The Morgan fingerprint density at radius 2 is 0.789 bits per heavy atom. The Kier molecular flexibility index (Phi) is 19.9. The molecule has 19 heavy (non-hydrogen) atoms. The standard InChI is InChI=1S/C10H20P2.3CO.Fe/c1-9(2,3)7-11-8(12-7)10(4,5)6;3*1-2;/h11-12H,1-6H3;;;;/q-2;;;;+2. The molecule has 0 radical (unpaired) electrons. The maximum Gasteiger partial charge on any atom is 2.00 e. The monoisotopic (exact) mass is 342 g/mol. The van der Waals surface area contributed by atoms with Gasteiger partial charge in [-0.25, -0.2) is 0 Å². The molecule has 0 aromatic heterocycles. The minimum atomic E-state index is 0. The average Bonchev–Trinajstić information content (AvgIpc) is 2.20. The molecular formula is C13H20FeO3P2. The normalized spacial score (nSPS) is 17.1. The van der Waals surface area contributed by atoms with Crippen LogP contribution in [0.5, 0.6) is 0 Å². The largest absolute Gasteiger partial charge is 2.00 e. The zero-order valence-corrected chi connectivity index (χ0v) is 15.2. The predicted octanol–water partition coefficient (Wildman–Crippen LogP) is 4.31. The summed E-state index contributed by atoms with van der Waals surface area (Å²) in [7, 11) is 2.10. The second kappa shape index (κ2) is 13.6. The second-order valence-corrected chi connectivity index (χ2v) is 9.00. The average molecular weight is 342 g/mol. The van der Waals surface area contributed by atoms with E-state index in [2.05, 4.69) is 61.5 Å². The third kappa shape index (κ3) is 12.1. The Morgan fingerprint density at radius 3 is 0.895 bits per heavy atom. The molecule has 0 N–H and O–H groups in total. The van der Waals surface area contributed by atoms with Gasteiger partial charge in [-0.15, -0.1) is 0 Å². The molecule has 1 aliphatic heterocycles. The first-order valence-corrected chi connectivity index (χ1v) is 7.11. The van der Waals surface area contributed by atoms with Gasteiger partial charge in [0.25, 0.3) is 0 Å². The maximum atomic E-state index is 7.50. The van der Waals surface area contributed by atoms with Gasteiger partial charge in [-0.3, -0.25) is 0 Å². The zero-order chi connectivity index (χ0) is 15.6. The molecule has 108 valence electrons. The molecule has 0 spiro atoms. The molecule has 0 unspecified atom stereocenters. The molecular weight excluding hydrogens is 322 g/mol. The molecule has 0 aliphatic carbocycles. The van der Waals surface area contributed by atoms with Gasteiger partial charge in [0.05, 0.1) is 0 Å². The van der Waals surface area contributed by atoms with Crippen LogP contribution in [0.15, 0.2) is 0 Å². The van der Waals surface area contributed by atoms with Crippen LogP contribution in [0, 0.1) is 41.6 Å². The molecule has 0 atom stereocenters. The van der Waals surface area contributed by atoms with Crippen LogP contribution in [0.3, 0.4) is 0 Å². The summed E-state index contributed by atoms with van der Waals surface area (Å²) in [5.41, 5.74) is 0.928. The smallest absolute Gasteiger partial charge is 2.00 e. The number of hydrogen-bond acceptors (Lipinski definition) is 0. The van der Waals surface area contributed by atoms with E-state index in [1.807, 2.05) is 0 Å². The third-order valence-corrected chi connectivity index (χ3v) is 7.50. The second-order valence-electron chi connectivity index (χ2n) is 5.50. The van der Waals surface area contributed by atoms with Crippen LogP contribution in [0.25, 0.3) is 0 Å². The molecule has 1 heterocycles. The maximum absolute atomic E-state index is 7.50. The first kappa shape index (κ1) is 27.9. The summed E-state index contributed by atoms with van der Waals surface area (Å²) in [5, 5.41) is 3.57. The third-order valence-electron chi connectivity index (χ3n) is 2.00. The van der Waals surface area contributed by atoms with Crippen LogP contribution in [0.4, 0.5) is 0 Å². The van der Waals surface area contributed by atoms with Crippen molar-refractivity contribution in [3.05, 3.63) is 30.8 Å². The molecule has 1 fully saturated rings. The summed E-state index contributed by atoms with van der Waals surface area (Å²) in [6.45, 7) is 27.5. The van der Waals surface area contributed by atoms with Crippen LogP contribution < -0.4 is 0 Å². The van der Waals surface area contributed by atoms with Gasteiger partial charge in [0.15, 0.2) is 0 Å². The van der Waals surface area contributed by atoms with E-state index in [0.29, 0.717) is 10.8 Å². The Morgan fingerprint density at radius 1 is 0.632 bits per heavy atom. The van der Waals surface area contributed by atoms with Crippen molar-refractivity contribution >= 4 is 17.2 Å². The summed E-state index contributed by atoms with van der Waals surface area (Å²) in [5.74, 6) is 0. The summed E-state index contributed by atoms with van der Waals surface area (Å²) in [6.07, 6.45) is 0. The summed E-state index contributed by atoms with van der Waals surface area (Å²) in [4.78, 5) is 0. The van der Waals surface area contributed by atoms with E-state index in [4.69, 9.17) is 14.0 Å². The van der Waals surface area contributed by atoms with Gasteiger partial charge in [-0.05, 0) is 0 Å². The molecule has 0 bridgehead atoms. The number of hydrogen-bond donors (Lipinski definition) is 0. The Hall–Kier alpha value is 0.599. The quantitative estimate of drug-likeness (QED) is 0.273. The van der Waals surface area contributed by atoms with Crippen molar-refractivity contribution in [2.75, 3.05) is 0 Å². The first-order chi connectivity index (χ1) is 8.21. The van der Waals surface area contributed by atoms with Crippen LogP contribution >= 0.6 is 17.2 Å². The van der Waals surface area contributed by atoms with E-state index in [0.717, 1.165) is 17.2 Å². The molecule has 6 heteroatoms. The fourth-order valence-electron chi connectivity index (χ4n) is 1.00. The van der Waals surface area contributed by atoms with Crippen molar-refractivity contribution in [1.29, 1.82) is 0 Å². The van der Waals surface area contributed by atoms with Gasteiger partial charge < -0.3 is 28.0 Å². The van der Waals surface area contributed by atoms with Gasteiger partial charge in [0.2, 0.25) is 0 Å². The van der Waals surface area contributed by atoms with Gasteiger partial charge in [-0.2, -0.15) is 10.8 Å². The van der Waals surface area contributed by atoms with Gasteiger partial charge >= 0.3 is 51.0 Å². The predicted molar refractivity (Wildman–Crippen MR) is 73.8 cm³/mol. The van der Waals surface area contributed by atoms with E-state index in [1.165, 1.54) is 0 Å². The molecule has 0 aromatic rings. The zero-order valence-electron chi connectivity index (χ0n) is 12.1. The van der Waals surface area contributed by atoms with Crippen molar-refractivity contribution in [2.24, 2.45) is 10.8 Å². The van der Waals surface area contributed by atoms with E-state index in [1.54, 1.807) is 10.8 Å². The van der Waals surface area contributed by atoms with E-state index >= 15 is 0 Å². The van der Waals surface area contributed by atoms with Crippen LogP contribution in [0.1, 0.15) is 41.5 Å². The van der Waals surface area contributed by atoms with Crippen LogP contribution in [-0.4, -0.2) is 0 Å².